The van der Waals surface area contributed by atoms with Crippen LogP contribution in [0.2, 0.25) is 0 Å². The Morgan fingerprint density at radius 2 is 1.94 bits per heavy atom. The summed E-state index contributed by atoms with van der Waals surface area (Å²) in [5.41, 5.74) is 4.38. The predicted molar refractivity (Wildman–Crippen MR) is 134 cm³/mol. The van der Waals surface area contributed by atoms with Crippen LogP contribution in [0, 0.1) is 23.2 Å². The number of aryl methyl sites for hydroxylation is 2. The minimum atomic E-state index is -0.211. The van der Waals surface area contributed by atoms with E-state index in [4.69, 9.17) is 0 Å². The maximum Gasteiger partial charge on any atom is 0.150 e. The second kappa shape index (κ2) is 8.08. The zero-order chi connectivity index (χ0) is 23.4. The molecule has 174 valence electrons. The molecule has 0 amide bonds. The fraction of sp³-hybridized carbons (Fsp3) is 0.419. The number of phenolic OH excluding ortho intramolecular Hbond substituents is 1. The highest BCUT2D eigenvalue weighted by molar-refractivity contribution is 5.99. The first-order valence-corrected chi connectivity index (χ1v) is 12.8. The molecule has 3 aromatic carbocycles. The van der Waals surface area contributed by atoms with Crippen molar-refractivity contribution in [3.8, 4) is 5.75 Å². The van der Waals surface area contributed by atoms with Crippen LogP contribution in [-0.2, 0) is 17.6 Å². The minimum absolute atomic E-state index is 0.211. The lowest BCUT2D eigenvalue weighted by Gasteiger charge is -2.50. The number of phenols is 1. The molecule has 6 rings (SSSR count). The molecule has 0 heterocycles. The van der Waals surface area contributed by atoms with E-state index in [2.05, 4.69) is 31.2 Å². The lowest BCUT2D eigenvalue weighted by Crippen LogP contribution is -2.44. The van der Waals surface area contributed by atoms with Crippen molar-refractivity contribution >= 4 is 22.8 Å². The maximum atomic E-state index is 13.3. The van der Waals surface area contributed by atoms with Gasteiger partial charge in [0.05, 0.1) is 0 Å². The zero-order valence-corrected chi connectivity index (χ0v) is 19.8. The van der Waals surface area contributed by atoms with Crippen molar-refractivity contribution in [1.82, 2.24) is 0 Å². The SMILES string of the molecule is C[C@]12CC[C@@H]3c4ccc(O)cc4CC[C@H]3[C@@H]1[C@@H](CCc1ccc3ccccc3c1C=O)CC2=O. The van der Waals surface area contributed by atoms with Gasteiger partial charge in [-0.2, -0.15) is 0 Å². The monoisotopic (exact) mass is 452 g/mol. The van der Waals surface area contributed by atoms with Gasteiger partial charge in [0.15, 0.2) is 6.29 Å². The summed E-state index contributed by atoms with van der Waals surface area (Å²) in [7, 11) is 0. The van der Waals surface area contributed by atoms with Crippen LogP contribution in [0.15, 0.2) is 54.6 Å². The van der Waals surface area contributed by atoms with Crippen molar-refractivity contribution in [3.63, 3.8) is 0 Å². The highest BCUT2D eigenvalue weighted by Gasteiger charge is 2.58. The second-order valence-corrected chi connectivity index (χ2v) is 11.1. The van der Waals surface area contributed by atoms with Crippen molar-refractivity contribution in [2.45, 2.75) is 57.8 Å². The van der Waals surface area contributed by atoms with E-state index in [-0.39, 0.29) is 5.41 Å². The van der Waals surface area contributed by atoms with E-state index in [1.807, 2.05) is 30.3 Å². The first-order valence-electron chi connectivity index (χ1n) is 12.8. The normalized spacial score (nSPS) is 30.0. The van der Waals surface area contributed by atoms with Gasteiger partial charge in [-0.25, -0.2) is 0 Å². The Kier molecular flexibility index (Phi) is 5.13. The van der Waals surface area contributed by atoms with Crippen LogP contribution in [0.1, 0.15) is 72.0 Å². The van der Waals surface area contributed by atoms with Crippen molar-refractivity contribution in [1.29, 1.82) is 0 Å². The largest absolute Gasteiger partial charge is 0.508 e. The predicted octanol–water partition coefficient (Wildman–Crippen LogP) is 6.64. The Labute approximate surface area is 201 Å². The standard InChI is InChI=1S/C31H32O3/c1-31-15-14-26-25-13-11-23(33)16-21(25)10-12-27(26)30(31)22(17-29(31)34)9-8-20-7-6-19-4-2-3-5-24(19)28(20)18-32/h2-7,11,13,16,18,22,26-27,30,33H,8-10,12,14-15,17H2,1H3/t22-,26+,27+,30-,31+/m0/s1. The highest BCUT2D eigenvalue weighted by Crippen LogP contribution is 2.62. The van der Waals surface area contributed by atoms with E-state index in [1.54, 1.807) is 0 Å². The Hall–Kier alpha value is -2.94. The van der Waals surface area contributed by atoms with Gasteiger partial charge in [0.2, 0.25) is 0 Å². The fourth-order valence-corrected chi connectivity index (χ4v) is 7.93. The van der Waals surface area contributed by atoms with Crippen LogP contribution in [0.3, 0.4) is 0 Å². The Morgan fingerprint density at radius 1 is 1.09 bits per heavy atom. The number of fused-ring (bicyclic) bond motifs is 6. The molecule has 0 bridgehead atoms. The van der Waals surface area contributed by atoms with Gasteiger partial charge in [-0.15, -0.1) is 0 Å². The molecular weight excluding hydrogens is 420 g/mol. The van der Waals surface area contributed by atoms with E-state index >= 15 is 0 Å². The molecule has 3 aliphatic carbocycles. The van der Waals surface area contributed by atoms with Crippen LogP contribution in [0.5, 0.6) is 5.75 Å². The molecule has 0 aliphatic heterocycles. The third kappa shape index (κ3) is 3.24. The van der Waals surface area contributed by atoms with E-state index in [9.17, 15) is 14.7 Å². The van der Waals surface area contributed by atoms with Gasteiger partial charge in [0.1, 0.15) is 11.5 Å². The van der Waals surface area contributed by atoms with Gasteiger partial charge in [-0.05, 0) is 102 Å². The molecule has 0 spiro atoms. The number of Topliss-reactive ketones (excluding diaryl/α,β-unsaturated/α-hetero) is 1. The maximum absolute atomic E-state index is 13.3. The summed E-state index contributed by atoms with van der Waals surface area (Å²) >= 11 is 0. The first-order chi connectivity index (χ1) is 16.5. The highest BCUT2D eigenvalue weighted by atomic mass is 16.3. The van der Waals surface area contributed by atoms with E-state index in [0.29, 0.717) is 41.6 Å². The smallest absolute Gasteiger partial charge is 0.150 e. The molecule has 0 radical (unpaired) electrons. The van der Waals surface area contributed by atoms with Crippen molar-refractivity contribution in [2.24, 2.45) is 23.2 Å². The molecule has 2 saturated carbocycles. The molecule has 3 heteroatoms. The van der Waals surface area contributed by atoms with Gasteiger partial charge in [-0.1, -0.05) is 49.4 Å². The van der Waals surface area contributed by atoms with Crippen molar-refractivity contribution < 1.29 is 14.7 Å². The molecule has 0 saturated heterocycles. The summed E-state index contributed by atoms with van der Waals surface area (Å²) in [6.07, 6.45) is 7.58. The van der Waals surface area contributed by atoms with Gasteiger partial charge >= 0.3 is 0 Å². The van der Waals surface area contributed by atoms with Gasteiger partial charge < -0.3 is 5.11 Å². The molecule has 3 aromatic rings. The van der Waals surface area contributed by atoms with Crippen molar-refractivity contribution in [2.75, 3.05) is 0 Å². The van der Waals surface area contributed by atoms with Gasteiger partial charge in [0.25, 0.3) is 0 Å². The summed E-state index contributed by atoms with van der Waals surface area (Å²) in [5.74, 6) is 2.59. The lowest BCUT2D eigenvalue weighted by molar-refractivity contribution is -0.129. The third-order valence-corrected chi connectivity index (χ3v) is 9.52. The van der Waals surface area contributed by atoms with Crippen LogP contribution in [0.4, 0.5) is 0 Å². The topological polar surface area (TPSA) is 54.4 Å². The van der Waals surface area contributed by atoms with E-state index in [1.165, 1.54) is 11.1 Å². The molecule has 2 fully saturated rings. The average molecular weight is 453 g/mol. The van der Waals surface area contributed by atoms with Crippen LogP contribution < -0.4 is 0 Å². The minimum Gasteiger partial charge on any atom is -0.508 e. The van der Waals surface area contributed by atoms with Crippen LogP contribution in [-0.4, -0.2) is 17.2 Å². The molecule has 5 atom stereocenters. The number of hydrogen-bond donors (Lipinski definition) is 1. The third-order valence-electron chi connectivity index (χ3n) is 9.52. The first kappa shape index (κ1) is 21.6. The molecule has 0 aromatic heterocycles. The Morgan fingerprint density at radius 3 is 2.79 bits per heavy atom. The molecule has 34 heavy (non-hydrogen) atoms. The van der Waals surface area contributed by atoms with Gasteiger partial charge in [0, 0.05) is 17.4 Å². The summed E-state index contributed by atoms with van der Waals surface area (Å²) in [6.45, 7) is 2.23. The number of carbonyl (C=O) groups excluding carboxylic acids is 2. The zero-order valence-electron chi connectivity index (χ0n) is 19.8. The van der Waals surface area contributed by atoms with E-state index in [0.717, 1.165) is 66.7 Å². The molecular formula is C31H32O3. The second-order valence-electron chi connectivity index (χ2n) is 11.1. The van der Waals surface area contributed by atoms with E-state index < -0.39 is 0 Å². The summed E-state index contributed by atoms with van der Waals surface area (Å²) in [4.78, 5) is 25.4. The number of hydrogen-bond acceptors (Lipinski definition) is 3. The summed E-state index contributed by atoms with van der Waals surface area (Å²) in [5, 5.41) is 12.1. The molecule has 3 aliphatic rings. The van der Waals surface area contributed by atoms with Gasteiger partial charge in [-0.3, -0.25) is 9.59 Å². The Balaban J connectivity index is 1.30. The number of aldehydes is 1. The van der Waals surface area contributed by atoms with Crippen molar-refractivity contribution in [3.05, 3.63) is 76.9 Å². The number of ketones is 1. The summed E-state index contributed by atoms with van der Waals surface area (Å²) in [6, 6.07) is 18.2. The van der Waals surface area contributed by atoms with Crippen LogP contribution in [0.25, 0.3) is 10.8 Å². The number of rotatable bonds is 4. The Bertz CT molecular complexity index is 1290. The molecule has 0 unspecified atom stereocenters. The molecule has 1 N–H and O–H groups in total. The fourth-order valence-electron chi connectivity index (χ4n) is 7.93. The summed E-state index contributed by atoms with van der Waals surface area (Å²) < 4.78 is 0. The number of carbonyl (C=O) groups is 2. The number of benzene rings is 3. The molecule has 3 nitrogen and oxygen atoms in total. The average Bonchev–Trinajstić information content (AvgIpc) is 3.11. The lowest BCUT2D eigenvalue weighted by atomic mass is 9.54. The van der Waals surface area contributed by atoms with Crippen LogP contribution >= 0.6 is 0 Å². The quantitative estimate of drug-likeness (QED) is 0.451. The number of aromatic hydroxyl groups is 1.